The molecule has 0 bridgehead atoms. The van der Waals surface area contributed by atoms with Gasteiger partial charge in [0.1, 0.15) is 0 Å². The second kappa shape index (κ2) is 4.91. The van der Waals surface area contributed by atoms with E-state index in [9.17, 15) is 13.2 Å². The zero-order valence-corrected chi connectivity index (χ0v) is 8.50. The molecule has 0 fully saturated rings. The van der Waals surface area contributed by atoms with E-state index in [2.05, 4.69) is 9.47 Å². The molecule has 8 heteroatoms. The van der Waals surface area contributed by atoms with Crippen LogP contribution in [0.5, 0.6) is 0 Å². The molecular formula is C6H11NO6S. The van der Waals surface area contributed by atoms with Crippen molar-refractivity contribution in [2.75, 3.05) is 14.2 Å². The molecule has 1 unspecified atom stereocenters. The highest BCUT2D eigenvalue weighted by Crippen LogP contribution is 2.07. The van der Waals surface area contributed by atoms with Crippen LogP contribution < -0.4 is 0 Å². The summed E-state index contributed by atoms with van der Waals surface area (Å²) in [6.07, 6.45) is -0.554. The number of ether oxygens (including phenoxy) is 2. The minimum absolute atomic E-state index is 0.432. The zero-order chi connectivity index (χ0) is 11.4. The summed E-state index contributed by atoms with van der Waals surface area (Å²) in [5.41, 5.74) is 0. The van der Waals surface area contributed by atoms with Crippen LogP contribution in [-0.2, 0) is 24.4 Å². The molecule has 0 aromatic carbocycles. The first-order chi connectivity index (χ1) is 6.32. The highest BCUT2D eigenvalue weighted by atomic mass is 32.2. The summed E-state index contributed by atoms with van der Waals surface area (Å²) >= 11 is 0. The molecule has 0 rings (SSSR count). The number of nitrogens with one attached hydrogen (secondary N) is 1. The average molecular weight is 225 g/mol. The first-order valence-corrected chi connectivity index (χ1v) is 4.98. The van der Waals surface area contributed by atoms with Crippen molar-refractivity contribution in [2.45, 2.75) is 11.7 Å². The Morgan fingerprint density at radius 3 is 2.21 bits per heavy atom. The molecule has 0 heterocycles. The van der Waals surface area contributed by atoms with E-state index in [1.807, 2.05) is 0 Å². The van der Waals surface area contributed by atoms with Crippen LogP contribution in [0.2, 0.25) is 0 Å². The lowest BCUT2D eigenvalue weighted by Gasteiger charge is -2.10. The van der Waals surface area contributed by atoms with Crippen molar-refractivity contribution in [3.8, 4) is 0 Å². The van der Waals surface area contributed by atoms with Crippen molar-refractivity contribution in [3.63, 3.8) is 0 Å². The molecule has 7 nitrogen and oxygen atoms in total. The fourth-order valence-electron chi connectivity index (χ4n) is 0.693. The van der Waals surface area contributed by atoms with Gasteiger partial charge in [-0.25, -0.2) is 0 Å². The first-order valence-electron chi connectivity index (χ1n) is 3.48. The SMILES string of the molecule is COC(=N)CC(C(=O)OC)S(=O)(=O)O. The summed E-state index contributed by atoms with van der Waals surface area (Å²) in [5, 5.41) is 5.21. The fourth-order valence-corrected chi connectivity index (χ4v) is 1.39. The monoisotopic (exact) mass is 225 g/mol. The van der Waals surface area contributed by atoms with Crippen molar-refractivity contribution in [2.24, 2.45) is 0 Å². The third kappa shape index (κ3) is 3.71. The van der Waals surface area contributed by atoms with Gasteiger partial charge in [0.25, 0.3) is 10.1 Å². The number of carbonyl (C=O) groups is 1. The molecule has 0 saturated carbocycles. The molecule has 82 valence electrons. The van der Waals surface area contributed by atoms with E-state index in [0.29, 0.717) is 0 Å². The van der Waals surface area contributed by atoms with Crippen LogP contribution in [-0.4, -0.2) is 44.3 Å². The summed E-state index contributed by atoms with van der Waals surface area (Å²) in [5.74, 6) is -1.56. The van der Waals surface area contributed by atoms with Crippen LogP contribution in [0.15, 0.2) is 0 Å². The minimum atomic E-state index is -4.58. The molecule has 0 saturated heterocycles. The number of hydrogen-bond donors (Lipinski definition) is 2. The molecule has 14 heavy (non-hydrogen) atoms. The number of methoxy groups -OCH3 is 2. The third-order valence-corrected chi connectivity index (χ3v) is 2.52. The van der Waals surface area contributed by atoms with Crippen molar-refractivity contribution < 1.29 is 27.2 Å². The van der Waals surface area contributed by atoms with E-state index < -0.39 is 33.7 Å². The van der Waals surface area contributed by atoms with Gasteiger partial charge in [0.2, 0.25) is 0 Å². The summed E-state index contributed by atoms with van der Waals surface area (Å²) in [6.45, 7) is 0. The van der Waals surface area contributed by atoms with Gasteiger partial charge in [-0.2, -0.15) is 8.42 Å². The Bertz CT molecular complexity index is 321. The first kappa shape index (κ1) is 12.8. The van der Waals surface area contributed by atoms with E-state index in [4.69, 9.17) is 9.96 Å². The number of carbonyl (C=O) groups excluding carboxylic acids is 1. The lowest BCUT2D eigenvalue weighted by Crippen LogP contribution is -2.33. The predicted octanol–water partition coefficient (Wildman–Crippen LogP) is -0.570. The van der Waals surface area contributed by atoms with Crippen LogP contribution in [0.25, 0.3) is 0 Å². The third-order valence-electron chi connectivity index (χ3n) is 1.44. The summed E-state index contributed by atoms with van der Waals surface area (Å²) in [6, 6.07) is 0. The molecule has 0 aliphatic heterocycles. The van der Waals surface area contributed by atoms with Gasteiger partial charge in [0.15, 0.2) is 11.1 Å². The Hall–Kier alpha value is -1.15. The van der Waals surface area contributed by atoms with E-state index in [1.165, 1.54) is 0 Å². The quantitative estimate of drug-likeness (QED) is 0.286. The smallest absolute Gasteiger partial charge is 0.327 e. The van der Waals surface area contributed by atoms with E-state index in [1.54, 1.807) is 0 Å². The Balaban J connectivity index is 4.76. The maximum absolute atomic E-state index is 10.9. The number of rotatable bonds is 4. The molecule has 0 aliphatic carbocycles. The highest BCUT2D eigenvalue weighted by molar-refractivity contribution is 7.87. The Morgan fingerprint density at radius 1 is 1.43 bits per heavy atom. The van der Waals surface area contributed by atoms with Gasteiger partial charge in [-0.3, -0.25) is 14.8 Å². The second-order valence-corrected chi connectivity index (χ2v) is 3.96. The minimum Gasteiger partial charge on any atom is -0.484 e. The van der Waals surface area contributed by atoms with Crippen LogP contribution in [0.1, 0.15) is 6.42 Å². The normalized spacial score (nSPS) is 13.1. The van der Waals surface area contributed by atoms with Gasteiger partial charge < -0.3 is 9.47 Å². The van der Waals surface area contributed by atoms with Crippen LogP contribution in [0.4, 0.5) is 0 Å². The predicted molar refractivity (Wildman–Crippen MR) is 46.7 cm³/mol. The Morgan fingerprint density at radius 2 is 1.93 bits per heavy atom. The van der Waals surface area contributed by atoms with Crippen LogP contribution in [0.3, 0.4) is 0 Å². The van der Waals surface area contributed by atoms with Crippen LogP contribution in [0, 0.1) is 5.41 Å². The van der Waals surface area contributed by atoms with Crippen LogP contribution >= 0.6 is 0 Å². The highest BCUT2D eigenvalue weighted by Gasteiger charge is 2.33. The van der Waals surface area contributed by atoms with Gasteiger partial charge in [0.05, 0.1) is 20.6 Å². The van der Waals surface area contributed by atoms with E-state index in [-0.39, 0.29) is 0 Å². The molecule has 0 radical (unpaired) electrons. The van der Waals surface area contributed by atoms with Gasteiger partial charge in [-0.15, -0.1) is 0 Å². The van der Waals surface area contributed by atoms with E-state index >= 15 is 0 Å². The zero-order valence-electron chi connectivity index (χ0n) is 7.68. The molecule has 0 aromatic heterocycles. The largest absolute Gasteiger partial charge is 0.484 e. The van der Waals surface area contributed by atoms with Crippen molar-refractivity contribution in [1.82, 2.24) is 0 Å². The summed E-state index contributed by atoms with van der Waals surface area (Å²) in [4.78, 5) is 10.9. The second-order valence-electron chi connectivity index (χ2n) is 2.36. The molecule has 0 amide bonds. The topological polar surface area (TPSA) is 114 Å². The summed E-state index contributed by atoms with van der Waals surface area (Å²) < 4.78 is 38.5. The molecule has 0 aromatic rings. The summed E-state index contributed by atoms with van der Waals surface area (Å²) in [7, 11) is -2.44. The standard InChI is InChI=1S/C6H11NO6S/c1-12-5(7)3-4(6(8)13-2)14(9,10)11/h4,7H,3H2,1-2H3,(H,9,10,11). The molecule has 1 atom stereocenters. The average Bonchev–Trinajstić information content (AvgIpc) is 2.10. The van der Waals surface area contributed by atoms with E-state index in [0.717, 1.165) is 14.2 Å². The molecule has 0 aliphatic rings. The van der Waals surface area contributed by atoms with Crippen molar-refractivity contribution in [3.05, 3.63) is 0 Å². The Kier molecular flexibility index (Phi) is 4.51. The van der Waals surface area contributed by atoms with Gasteiger partial charge in [-0.1, -0.05) is 0 Å². The van der Waals surface area contributed by atoms with Gasteiger partial charge in [-0.05, 0) is 0 Å². The lowest BCUT2D eigenvalue weighted by molar-refractivity contribution is -0.140. The maximum atomic E-state index is 10.9. The molecular weight excluding hydrogens is 214 g/mol. The number of hydrogen-bond acceptors (Lipinski definition) is 6. The lowest BCUT2D eigenvalue weighted by atomic mass is 10.3. The maximum Gasteiger partial charge on any atom is 0.327 e. The fraction of sp³-hybridized carbons (Fsp3) is 0.667. The van der Waals surface area contributed by atoms with Gasteiger partial charge in [0, 0.05) is 0 Å². The Labute approximate surface area is 81.3 Å². The van der Waals surface area contributed by atoms with Crippen molar-refractivity contribution >= 4 is 22.0 Å². The molecule has 0 spiro atoms. The molecule has 2 N–H and O–H groups in total. The number of esters is 1. The van der Waals surface area contributed by atoms with Crippen molar-refractivity contribution in [1.29, 1.82) is 5.41 Å². The van der Waals surface area contributed by atoms with Gasteiger partial charge >= 0.3 is 5.97 Å².